The van der Waals surface area contributed by atoms with Crippen molar-refractivity contribution in [2.45, 2.75) is 33.2 Å². The second-order valence-corrected chi connectivity index (χ2v) is 8.25. The van der Waals surface area contributed by atoms with E-state index in [1.165, 1.54) is 4.90 Å². The summed E-state index contributed by atoms with van der Waals surface area (Å²) in [6.45, 7) is 9.65. The SMILES string of the molecule is Cc1cc(C)nc(N2CC[NH+](CC(=O)N3c4ccccc4NC(=O)C[C@H]3C)CC2)n1. The Kier molecular flexibility index (Phi) is 5.67. The first-order chi connectivity index (χ1) is 14.4. The summed E-state index contributed by atoms with van der Waals surface area (Å²) in [6, 6.07) is 9.33. The minimum absolute atomic E-state index is 0.0533. The Morgan fingerprint density at radius 1 is 1.17 bits per heavy atom. The van der Waals surface area contributed by atoms with Gasteiger partial charge in [-0.2, -0.15) is 0 Å². The van der Waals surface area contributed by atoms with E-state index in [-0.39, 0.29) is 17.9 Å². The fraction of sp³-hybridized carbons (Fsp3) is 0.455. The zero-order chi connectivity index (χ0) is 21.3. The lowest BCUT2D eigenvalue weighted by Gasteiger charge is -2.34. The summed E-state index contributed by atoms with van der Waals surface area (Å²) >= 11 is 0. The van der Waals surface area contributed by atoms with Crippen molar-refractivity contribution in [1.82, 2.24) is 9.97 Å². The molecule has 1 aromatic heterocycles. The smallest absolute Gasteiger partial charge is 0.282 e. The van der Waals surface area contributed by atoms with Crippen molar-refractivity contribution in [1.29, 1.82) is 0 Å². The molecule has 2 N–H and O–H groups in total. The zero-order valence-corrected chi connectivity index (χ0v) is 17.8. The summed E-state index contributed by atoms with van der Waals surface area (Å²) < 4.78 is 0. The highest BCUT2D eigenvalue weighted by molar-refractivity contribution is 6.04. The molecular weight excluding hydrogens is 380 g/mol. The number of carbonyl (C=O) groups excluding carboxylic acids is 2. The van der Waals surface area contributed by atoms with E-state index in [9.17, 15) is 9.59 Å². The maximum Gasteiger partial charge on any atom is 0.282 e. The second kappa shape index (κ2) is 8.39. The van der Waals surface area contributed by atoms with Gasteiger partial charge in [0, 0.05) is 23.9 Å². The summed E-state index contributed by atoms with van der Waals surface area (Å²) in [5.41, 5.74) is 3.42. The van der Waals surface area contributed by atoms with Gasteiger partial charge < -0.3 is 20.0 Å². The highest BCUT2D eigenvalue weighted by Crippen LogP contribution is 2.31. The summed E-state index contributed by atoms with van der Waals surface area (Å²) in [5.74, 6) is 0.773. The molecule has 2 aliphatic rings. The number of piperazine rings is 1. The molecule has 2 amide bonds. The van der Waals surface area contributed by atoms with E-state index in [2.05, 4.69) is 20.2 Å². The van der Waals surface area contributed by atoms with Gasteiger partial charge in [-0.1, -0.05) is 12.1 Å². The topological polar surface area (TPSA) is 82.9 Å². The van der Waals surface area contributed by atoms with E-state index in [1.54, 1.807) is 4.90 Å². The van der Waals surface area contributed by atoms with Crippen molar-refractivity contribution in [3.8, 4) is 0 Å². The van der Waals surface area contributed by atoms with Crippen LogP contribution in [0.4, 0.5) is 17.3 Å². The number of aryl methyl sites for hydroxylation is 2. The van der Waals surface area contributed by atoms with Crippen LogP contribution in [0.15, 0.2) is 30.3 Å². The minimum atomic E-state index is -0.175. The highest BCUT2D eigenvalue weighted by atomic mass is 16.2. The number of hydrogen-bond acceptors (Lipinski definition) is 5. The molecule has 0 spiro atoms. The predicted molar refractivity (Wildman–Crippen MR) is 116 cm³/mol. The number of nitrogens with zero attached hydrogens (tertiary/aromatic N) is 4. The number of fused-ring (bicyclic) bond motifs is 1. The Balaban J connectivity index is 1.43. The van der Waals surface area contributed by atoms with Crippen LogP contribution in [0.5, 0.6) is 0 Å². The molecule has 0 radical (unpaired) electrons. The van der Waals surface area contributed by atoms with Gasteiger partial charge in [0.1, 0.15) is 0 Å². The van der Waals surface area contributed by atoms with Gasteiger partial charge in [-0.15, -0.1) is 0 Å². The average Bonchev–Trinajstić information content (AvgIpc) is 2.82. The Morgan fingerprint density at radius 3 is 2.53 bits per heavy atom. The average molecular weight is 410 g/mol. The van der Waals surface area contributed by atoms with E-state index in [0.717, 1.165) is 49.2 Å². The molecule has 1 aromatic carbocycles. The third-order valence-electron chi connectivity index (χ3n) is 5.75. The number of quaternary nitrogens is 1. The number of carbonyl (C=O) groups is 2. The monoisotopic (exact) mass is 409 g/mol. The molecule has 8 heteroatoms. The van der Waals surface area contributed by atoms with Crippen LogP contribution in [-0.2, 0) is 9.59 Å². The summed E-state index contributed by atoms with van der Waals surface area (Å²) in [6.07, 6.45) is 0.299. The van der Waals surface area contributed by atoms with Gasteiger partial charge in [-0.3, -0.25) is 9.59 Å². The molecule has 2 aliphatic heterocycles. The molecule has 0 bridgehead atoms. The van der Waals surface area contributed by atoms with Crippen LogP contribution in [-0.4, -0.2) is 60.5 Å². The quantitative estimate of drug-likeness (QED) is 0.774. The maximum atomic E-state index is 13.3. The third-order valence-corrected chi connectivity index (χ3v) is 5.75. The second-order valence-electron chi connectivity index (χ2n) is 8.25. The van der Waals surface area contributed by atoms with Crippen molar-refractivity contribution in [3.63, 3.8) is 0 Å². The van der Waals surface area contributed by atoms with Crippen LogP contribution in [0.3, 0.4) is 0 Å². The van der Waals surface area contributed by atoms with Gasteiger partial charge in [0.05, 0.1) is 37.6 Å². The molecule has 3 heterocycles. The van der Waals surface area contributed by atoms with Gasteiger partial charge in [0.25, 0.3) is 5.91 Å². The molecule has 0 aliphatic carbocycles. The number of hydrogen-bond donors (Lipinski definition) is 2. The van der Waals surface area contributed by atoms with Crippen molar-refractivity contribution in [3.05, 3.63) is 41.7 Å². The Morgan fingerprint density at radius 2 is 1.83 bits per heavy atom. The molecular formula is C22H29N6O2+. The predicted octanol–water partition coefficient (Wildman–Crippen LogP) is 0.562. The van der Waals surface area contributed by atoms with E-state index in [0.29, 0.717) is 18.7 Å². The maximum absolute atomic E-state index is 13.3. The van der Waals surface area contributed by atoms with E-state index in [4.69, 9.17) is 0 Å². The number of aromatic nitrogens is 2. The van der Waals surface area contributed by atoms with Gasteiger partial charge in [-0.25, -0.2) is 9.97 Å². The lowest BCUT2D eigenvalue weighted by molar-refractivity contribution is -0.892. The van der Waals surface area contributed by atoms with Crippen molar-refractivity contribution < 1.29 is 14.5 Å². The molecule has 1 fully saturated rings. The summed E-state index contributed by atoms with van der Waals surface area (Å²) in [7, 11) is 0. The first-order valence-electron chi connectivity index (χ1n) is 10.5. The Hall–Kier alpha value is -3.00. The van der Waals surface area contributed by atoms with Crippen LogP contribution in [0.2, 0.25) is 0 Å². The van der Waals surface area contributed by atoms with Gasteiger partial charge in [0.15, 0.2) is 6.54 Å². The molecule has 1 saturated heterocycles. The first-order valence-corrected chi connectivity index (χ1v) is 10.5. The van der Waals surface area contributed by atoms with Crippen molar-refractivity contribution >= 4 is 29.1 Å². The van der Waals surface area contributed by atoms with Gasteiger partial charge >= 0.3 is 0 Å². The molecule has 1 atom stereocenters. The van der Waals surface area contributed by atoms with Crippen LogP contribution < -0.4 is 20.0 Å². The van der Waals surface area contributed by atoms with E-state index < -0.39 is 0 Å². The molecule has 2 aromatic rings. The number of benzene rings is 1. The van der Waals surface area contributed by atoms with Gasteiger partial charge in [0.2, 0.25) is 11.9 Å². The van der Waals surface area contributed by atoms with Crippen molar-refractivity contribution in [2.24, 2.45) is 0 Å². The fourth-order valence-corrected chi connectivity index (χ4v) is 4.32. The van der Waals surface area contributed by atoms with Crippen LogP contribution in [0.1, 0.15) is 24.7 Å². The van der Waals surface area contributed by atoms with E-state index >= 15 is 0 Å². The number of nitrogens with one attached hydrogen (secondary N) is 2. The third kappa shape index (κ3) is 4.28. The number of para-hydroxylation sites is 2. The Labute approximate surface area is 176 Å². The van der Waals surface area contributed by atoms with Crippen LogP contribution >= 0.6 is 0 Å². The molecule has 4 rings (SSSR count). The molecule has 30 heavy (non-hydrogen) atoms. The van der Waals surface area contributed by atoms with E-state index in [1.807, 2.05) is 51.1 Å². The number of anilines is 3. The number of rotatable bonds is 3. The standard InChI is InChI=1S/C22H28N6O2/c1-15-12-16(2)24-22(23-15)27-10-8-26(9-11-27)14-21(30)28-17(3)13-20(29)25-18-6-4-5-7-19(18)28/h4-7,12,17H,8-11,13-14H2,1-3H3,(H,25,29)/p+1/t17-/m1/s1. The fourth-order valence-electron chi connectivity index (χ4n) is 4.32. The lowest BCUT2D eigenvalue weighted by atomic mass is 10.1. The molecule has 0 unspecified atom stereocenters. The zero-order valence-electron chi connectivity index (χ0n) is 17.8. The molecule has 0 saturated carbocycles. The van der Waals surface area contributed by atoms with Gasteiger partial charge in [-0.05, 0) is 39.0 Å². The molecule has 8 nitrogen and oxygen atoms in total. The Bertz CT molecular complexity index is 934. The first kappa shape index (κ1) is 20.3. The van der Waals surface area contributed by atoms with Crippen LogP contribution in [0, 0.1) is 13.8 Å². The largest absolute Gasteiger partial charge is 0.330 e. The van der Waals surface area contributed by atoms with Crippen LogP contribution in [0.25, 0.3) is 0 Å². The van der Waals surface area contributed by atoms with Crippen molar-refractivity contribution in [2.75, 3.05) is 47.8 Å². The summed E-state index contributed by atoms with van der Waals surface area (Å²) in [5, 5.41) is 2.91. The molecule has 158 valence electrons. The highest BCUT2D eigenvalue weighted by Gasteiger charge is 2.32. The minimum Gasteiger partial charge on any atom is -0.330 e. The normalized spacial score (nSPS) is 19.8. The summed E-state index contributed by atoms with van der Waals surface area (Å²) in [4.78, 5) is 39.8. The number of amides is 2. The lowest BCUT2D eigenvalue weighted by Crippen LogP contribution is -3.16.